The maximum atomic E-state index is 13.7. The summed E-state index contributed by atoms with van der Waals surface area (Å²) in [5, 5.41) is 0.424. The molecular weight excluding hydrogens is 398 g/mol. The minimum atomic E-state index is -2.79. The normalized spacial score (nSPS) is 19.0. The first-order valence-electron chi connectivity index (χ1n) is 9.62. The van der Waals surface area contributed by atoms with Gasteiger partial charge in [0.15, 0.2) is 0 Å². The Balaban J connectivity index is 2.12. The third-order valence-corrected chi connectivity index (χ3v) is 6.77. The van der Waals surface area contributed by atoms with E-state index in [0.29, 0.717) is 10.9 Å². The van der Waals surface area contributed by atoms with Crippen LogP contribution in [0.2, 0.25) is 0 Å². The molecule has 9 heteroatoms. The average Bonchev–Trinajstić information content (AvgIpc) is 2.96. The van der Waals surface area contributed by atoms with Crippen molar-refractivity contribution in [2.24, 2.45) is 7.05 Å². The van der Waals surface area contributed by atoms with Crippen molar-refractivity contribution in [3.05, 3.63) is 33.6 Å². The molecule has 0 spiro atoms. The van der Waals surface area contributed by atoms with E-state index in [1.165, 1.54) is 9.47 Å². The summed E-state index contributed by atoms with van der Waals surface area (Å²) in [6.45, 7) is 9.04. The van der Waals surface area contributed by atoms with Crippen LogP contribution in [0.1, 0.15) is 51.3 Å². The number of alkyl halides is 2. The Morgan fingerprint density at radius 3 is 2.55 bits per heavy atom. The Morgan fingerprint density at radius 1 is 1.34 bits per heavy atom. The minimum Gasteiger partial charge on any atom is -0.598 e. The molecule has 2 aromatic rings. The topological polar surface area (TPSA) is 73.2 Å². The molecule has 0 saturated carbocycles. The van der Waals surface area contributed by atoms with Crippen LogP contribution in [0, 0.1) is 6.92 Å². The lowest BCUT2D eigenvalue weighted by atomic mass is 10.0. The van der Waals surface area contributed by atoms with Crippen LogP contribution in [0.15, 0.2) is 16.9 Å². The first kappa shape index (κ1) is 22.0. The maximum absolute atomic E-state index is 13.7. The van der Waals surface area contributed by atoms with E-state index in [1.807, 2.05) is 40.7 Å². The van der Waals surface area contributed by atoms with Crippen LogP contribution in [0.5, 0.6) is 0 Å². The highest BCUT2D eigenvalue weighted by molar-refractivity contribution is 7.90. The third kappa shape index (κ3) is 4.41. The molecule has 1 aromatic heterocycles. The monoisotopic (exact) mass is 426 g/mol. The first-order chi connectivity index (χ1) is 13.3. The van der Waals surface area contributed by atoms with E-state index in [9.17, 15) is 18.1 Å². The molecule has 2 unspecified atom stereocenters. The van der Waals surface area contributed by atoms with Crippen molar-refractivity contribution in [3.63, 3.8) is 0 Å². The zero-order valence-electron chi connectivity index (χ0n) is 17.7. The third-order valence-electron chi connectivity index (χ3n) is 5.09. The number of hydrogen-bond donors (Lipinski definition) is 1. The molecule has 1 aromatic carbocycles. The lowest BCUT2D eigenvalue weighted by Gasteiger charge is -2.27. The summed E-state index contributed by atoms with van der Waals surface area (Å²) in [7, 11) is 1.55. The number of nitrogens with one attached hydrogen (secondary N) is 1. The molecule has 2 heterocycles. The second kappa shape index (κ2) is 7.52. The van der Waals surface area contributed by atoms with Crippen molar-refractivity contribution in [1.29, 1.82) is 0 Å². The summed E-state index contributed by atoms with van der Waals surface area (Å²) < 4.78 is 44.0. The van der Waals surface area contributed by atoms with E-state index in [0.717, 1.165) is 11.1 Å². The van der Waals surface area contributed by atoms with Gasteiger partial charge in [-0.25, -0.2) is 13.8 Å². The van der Waals surface area contributed by atoms with Crippen LogP contribution < -0.4 is 15.2 Å². The molecule has 0 radical (unpaired) electrons. The average molecular weight is 427 g/mol. The number of anilines is 1. The van der Waals surface area contributed by atoms with Gasteiger partial charge in [0.2, 0.25) is 5.95 Å². The Hall–Kier alpha value is -1.71. The van der Waals surface area contributed by atoms with Crippen molar-refractivity contribution in [1.82, 2.24) is 14.3 Å². The lowest BCUT2D eigenvalue weighted by Crippen LogP contribution is -2.40. The molecule has 0 amide bonds. The van der Waals surface area contributed by atoms with E-state index in [4.69, 9.17) is 0 Å². The molecule has 6 nitrogen and oxygen atoms in total. The van der Waals surface area contributed by atoms with Gasteiger partial charge in [0.1, 0.15) is 4.75 Å². The Morgan fingerprint density at radius 2 is 2.00 bits per heavy atom. The summed E-state index contributed by atoms with van der Waals surface area (Å²) in [4.78, 5) is 19.1. The number of nitrogens with zero attached hydrogens (tertiary/aromatic N) is 3. The van der Waals surface area contributed by atoms with E-state index >= 15 is 0 Å². The SMILES string of the molecule is Cc1cc(C(C)N[S+]([O-])C(C)(C)C)c2nc(N3CCC(F)(F)C3)n(C)c(=O)c2c1. The molecule has 3 rings (SSSR count). The molecule has 1 aliphatic rings. The zero-order valence-corrected chi connectivity index (χ0v) is 18.5. The number of fused-ring (bicyclic) bond motifs is 1. The van der Waals surface area contributed by atoms with Crippen LogP contribution in [-0.2, 0) is 18.4 Å². The van der Waals surface area contributed by atoms with Gasteiger partial charge in [-0.2, -0.15) is 0 Å². The zero-order chi connectivity index (χ0) is 21.7. The van der Waals surface area contributed by atoms with Crippen molar-refractivity contribution in [3.8, 4) is 0 Å². The van der Waals surface area contributed by atoms with Gasteiger partial charge >= 0.3 is 0 Å². The number of hydrogen-bond acceptors (Lipinski definition) is 5. The van der Waals surface area contributed by atoms with Crippen LogP contribution in [0.3, 0.4) is 0 Å². The van der Waals surface area contributed by atoms with Gasteiger partial charge in [-0.1, -0.05) is 6.07 Å². The molecule has 160 valence electrons. The van der Waals surface area contributed by atoms with Crippen molar-refractivity contribution in [2.75, 3.05) is 18.0 Å². The summed E-state index contributed by atoms with van der Waals surface area (Å²) in [6, 6.07) is 3.31. The standard InChI is InChI=1S/C20H28F2N4O2S/c1-12-9-14(13(2)24-29(28)19(3,4)5)16-15(10-12)17(27)25(6)18(23-16)26-8-7-20(21,22)11-26/h9-10,13,24H,7-8,11H2,1-6H3. The summed E-state index contributed by atoms with van der Waals surface area (Å²) >= 11 is -1.32. The molecule has 0 bridgehead atoms. The predicted octanol–water partition coefficient (Wildman–Crippen LogP) is 3.20. The number of aryl methyl sites for hydroxylation is 1. The molecule has 1 fully saturated rings. The highest BCUT2D eigenvalue weighted by Gasteiger charge is 2.40. The van der Waals surface area contributed by atoms with Gasteiger partial charge in [0.05, 0.1) is 23.5 Å². The first-order valence-corrected chi connectivity index (χ1v) is 10.8. The van der Waals surface area contributed by atoms with E-state index < -0.39 is 28.6 Å². The van der Waals surface area contributed by atoms with E-state index in [1.54, 1.807) is 13.1 Å². The molecular formula is C20H28F2N4O2S. The van der Waals surface area contributed by atoms with Crippen LogP contribution in [0.4, 0.5) is 14.7 Å². The van der Waals surface area contributed by atoms with Crippen LogP contribution in [0.25, 0.3) is 10.9 Å². The Kier molecular flexibility index (Phi) is 5.70. The number of aromatic nitrogens is 2. The van der Waals surface area contributed by atoms with E-state index in [2.05, 4.69) is 9.71 Å². The molecule has 0 aliphatic carbocycles. The number of halogens is 2. The number of benzene rings is 1. The van der Waals surface area contributed by atoms with Gasteiger partial charge in [0, 0.05) is 36.9 Å². The Labute approximate surface area is 172 Å². The van der Waals surface area contributed by atoms with Crippen LogP contribution >= 0.6 is 0 Å². The molecule has 2 atom stereocenters. The van der Waals surface area contributed by atoms with Crippen LogP contribution in [-0.4, -0.2) is 37.9 Å². The van der Waals surface area contributed by atoms with E-state index in [-0.39, 0.29) is 30.5 Å². The Bertz CT molecular complexity index is 987. The van der Waals surface area contributed by atoms with Gasteiger partial charge in [-0.3, -0.25) is 9.36 Å². The fraction of sp³-hybridized carbons (Fsp3) is 0.600. The van der Waals surface area contributed by atoms with Crippen molar-refractivity contribution < 1.29 is 13.3 Å². The van der Waals surface area contributed by atoms with Gasteiger partial charge < -0.3 is 9.45 Å². The lowest BCUT2D eigenvalue weighted by molar-refractivity contribution is 0.0256. The minimum absolute atomic E-state index is 0.141. The quantitative estimate of drug-likeness (QED) is 0.760. The summed E-state index contributed by atoms with van der Waals surface area (Å²) in [5.41, 5.74) is 1.77. The van der Waals surface area contributed by atoms with Gasteiger partial charge in [-0.05, 0) is 46.2 Å². The second-order valence-corrected chi connectivity index (χ2v) is 10.8. The summed E-state index contributed by atoms with van der Waals surface area (Å²) in [6.07, 6.45) is -0.260. The second-order valence-electron chi connectivity index (χ2n) is 8.77. The predicted molar refractivity (Wildman–Crippen MR) is 113 cm³/mol. The smallest absolute Gasteiger partial charge is 0.267 e. The van der Waals surface area contributed by atoms with Gasteiger partial charge in [-0.15, -0.1) is 4.72 Å². The van der Waals surface area contributed by atoms with Crippen molar-refractivity contribution in [2.45, 2.75) is 57.8 Å². The molecule has 1 N–H and O–H groups in total. The molecule has 1 aliphatic heterocycles. The fourth-order valence-corrected chi connectivity index (χ4v) is 4.26. The largest absolute Gasteiger partial charge is 0.598 e. The maximum Gasteiger partial charge on any atom is 0.267 e. The molecule has 29 heavy (non-hydrogen) atoms. The van der Waals surface area contributed by atoms with Gasteiger partial charge in [0.25, 0.3) is 11.5 Å². The highest BCUT2D eigenvalue weighted by atomic mass is 32.2. The molecule has 1 saturated heterocycles. The summed E-state index contributed by atoms with van der Waals surface area (Å²) in [5.74, 6) is -2.56. The fourth-order valence-electron chi connectivity index (χ4n) is 3.46. The number of rotatable bonds is 4. The highest BCUT2D eigenvalue weighted by Crippen LogP contribution is 2.31. The van der Waals surface area contributed by atoms with Crippen molar-refractivity contribution >= 4 is 28.2 Å².